The molecule has 0 aliphatic carbocycles. The lowest BCUT2D eigenvalue weighted by Crippen LogP contribution is -2.08. The minimum atomic E-state index is -0.462. The average Bonchev–Trinajstić information content (AvgIpc) is 2.61. The topological polar surface area (TPSA) is 64.4 Å². The van der Waals surface area contributed by atoms with E-state index < -0.39 is 5.97 Å². The van der Waals surface area contributed by atoms with E-state index in [1.807, 2.05) is 18.2 Å². The minimum Gasteiger partial charge on any atom is -0.423 e. The van der Waals surface area contributed by atoms with Crippen LogP contribution in [-0.4, -0.2) is 22.2 Å². The molecule has 1 aromatic carbocycles. The molecular weight excluding hydrogens is 370 g/mol. The molecule has 0 atom stereocenters. The fraction of sp³-hybridized carbons (Fsp3) is 0. The zero-order chi connectivity index (χ0) is 16.8. The molecule has 0 radical (unpaired) electrons. The normalized spacial score (nSPS) is 10.7. The summed E-state index contributed by atoms with van der Waals surface area (Å²) in [4.78, 5) is 24.3. The van der Waals surface area contributed by atoms with Crippen LogP contribution in [0.4, 0.5) is 5.69 Å². The van der Waals surface area contributed by atoms with E-state index in [9.17, 15) is 4.79 Å². The molecule has 0 bridgehead atoms. The van der Waals surface area contributed by atoms with Gasteiger partial charge in [-0.25, -0.2) is 4.79 Å². The van der Waals surface area contributed by atoms with Gasteiger partial charge in [-0.2, -0.15) is 0 Å². The first kappa shape index (κ1) is 16.0. The molecule has 0 aliphatic heterocycles. The van der Waals surface area contributed by atoms with Crippen LogP contribution in [0.25, 0.3) is 0 Å². The van der Waals surface area contributed by atoms with Crippen molar-refractivity contribution in [3.8, 4) is 5.75 Å². The highest BCUT2D eigenvalue weighted by Crippen LogP contribution is 2.22. The van der Waals surface area contributed by atoms with Crippen molar-refractivity contribution in [3.05, 3.63) is 82.9 Å². The number of carbonyl (C=O) groups excluding carboxylic acids is 1. The summed E-state index contributed by atoms with van der Waals surface area (Å²) < 4.78 is 6.17. The lowest BCUT2D eigenvalue weighted by Gasteiger charge is -2.06. The number of esters is 1. The molecule has 3 aromatic rings. The summed E-state index contributed by atoms with van der Waals surface area (Å²) in [5.41, 5.74) is 1.93. The van der Waals surface area contributed by atoms with Gasteiger partial charge in [-0.3, -0.25) is 15.0 Å². The molecule has 5 nitrogen and oxygen atoms in total. The minimum absolute atomic E-state index is 0.392. The fourth-order valence-corrected chi connectivity index (χ4v) is 2.44. The first-order chi connectivity index (χ1) is 11.7. The van der Waals surface area contributed by atoms with Crippen LogP contribution >= 0.6 is 15.9 Å². The van der Waals surface area contributed by atoms with Gasteiger partial charge in [-0.15, -0.1) is 0 Å². The summed E-state index contributed by atoms with van der Waals surface area (Å²) in [5.74, 6) is -0.0396. The molecule has 0 saturated carbocycles. The quantitative estimate of drug-likeness (QED) is 0.385. The van der Waals surface area contributed by atoms with Crippen LogP contribution in [0.1, 0.15) is 15.9 Å². The summed E-state index contributed by atoms with van der Waals surface area (Å²) >= 11 is 3.41. The number of halogens is 1. The van der Waals surface area contributed by atoms with Crippen LogP contribution in [-0.2, 0) is 0 Å². The third-order valence-electron chi connectivity index (χ3n) is 3.01. The van der Waals surface area contributed by atoms with Gasteiger partial charge >= 0.3 is 5.97 Å². The Labute approximate surface area is 147 Å². The second-order valence-electron chi connectivity index (χ2n) is 4.82. The Bertz CT molecular complexity index is 868. The summed E-state index contributed by atoms with van der Waals surface area (Å²) in [6.07, 6.45) is 8.10. The first-order valence-electron chi connectivity index (χ1n) is 7.07. The fourth-order valence-electron chi connectivity index (χ4n) is 1.95. The van der Waals surface area contributed by atoms with Gasteiger partial charge < -0.3 is 4.74 Å². The van der Waals surface area contributed by atoms with Crippen LogP contribution < -0.4 is 4.74 Å². The molecule has 2 heterocycles. The second kappa shape index (κ2) is 7.61. The van der Waals surface area contributed by atoms with E-state index >= 15 is 0 Å². The van der Waals surface area contributed by atoms with Crippen LogP contribution in [0.15, 0.2) is 76.7 Å². The maximum atomic E-state index is 12.1. The Morgan fingerprint density at radius 3 is 2.58 bits per heavy atom. The van der Waals surface area contributed by atoms with Gasteiger partial charge in [0.05, 0.1) is 17.4 Å². The van der Waals surface area contributed by atoms with Crippen LogP contribution in [0.3, 0.4) is 0 Å². The zero-order valence-electron chi connectivity index (χ0n) is 12.5. The molecule has 0 saturated heterocycles. The summed E-state index contributed by atoms with van der Waals surface area (Å²) in [6.45, 7) is 0. The molecule has 0 unspecified atom stereocenters. The standard InChI is InChI=1S/C18H12BrN3O2/c19-15-7-13(10-22-16-4-2-6-21-12-16)8-17(9-15)24-18(23)14-3-1-5-20-11-14/h1-12H. The summed E-state index contributed by atoms with van der Waals surface area (Å²) in [7, 11) is 0. The molecule has 3 rings (SSSR count). The molecule has 0 fully saturated rings. The van der Waals surface area contributed by atoms with Crippen molar-refractivity contribution in [1.82, 2.24) is 9.97 Å². The maximum Gasteiger partial charge on any atom is 0.345 e. The number of hydrogen-bond donors (Lipinski definition) is 0. The molecule has 24 heavy (non-hydrogen) atoms. The van der Waals surface area contributed by atoms with Crippen molar-refractivity contribution < 1.29 is 9.53 Å². The molecule has 2 aromatic heterocycles. The Kier molecular flexibility index (Phi) is 5.08. The number of rotatable bonds is 4. The number of hydrogen-bond acceptors (Lipinski definition) is 5. The van der Waals surface area contributed by atoms with Crippen molar-refractivity contribution in [3.63, 3.8) is 0 Å². The predicted octanol–water partition coefficient (Wildman–Crippen LogP) is 4.21. The third kappa shape index (κ3) is 4.33. The van der Waals surface area contributed by atoms with E-state index in [0.29, 0.717) is 11.3 Å². The second-order valence-corrected chi connectivity index (χ2v) is 5.74. The monoisotopic (exact) mass is 381 g/mol. The Balaban J connectivity index is 1.79. The molecule has 6 heteroatoms. The van der Waals surface area contributed by atoms with E-state index in [2.05, 4.69) is 30.9 Å². The van der Waals surface area contributed by atoms with Crippen LogP contribution in [0, 0.1) is 0 Å². The highest BCUT2D eigenvalue weighted by atomic mass is 79.9. The van der Waals surface area contributed by atoms with Crippen molar-refractivity contribution in [2.45, 2.75) is 0 Å². The summed E-state index contributed by atoms with van der Waals surface area (Å²) in [6, 6.07) is 12.3. The Morgan fingerprint density at radius 1 is 1.08 bits per heavy atom. The van der Waals surface area contributed by atoms with E-state index in [-0.39, 0.29) is 0 Å². The van der Waals surface area contributed by atoms with Gasteiger partial charge in [0.15, 0.2) is 0 Å². The van der Waals surface area contributed by atoms with Crippen molar-refractivity contribution in [1.29, 1.82) is 0 Å². The Hall–Kier alpha value is -2.86. The largest absolute Gasteiger partial charge is 0.423 e. The van der Waals surface area contributed by atoms with Gasteiger partial charge in [0.25, 0.3) is 0 Å². The van der Waals surface area contributed by atoms with Crippen molar-refractivity contribution >= 4 is 33.8 Å². The average molecular weight is 382 g/mol. The zero-order valence-corrected chi connectivity index (χ0v) is 14.1. The predicted molar refractivity (Wildman–Crippen MR) is 94.8 cm³/mol. The number of benzene rings is 1. The number of nitrogens with zero attached hydrogens (tertiary/aromatic N) is 3. The molecule has 0 amide bonds. The van der Waals surface area contributed by atoms with Crippen molar-refractivity contribution in [2.24, 2.45) is 4.99 Å². The summed E-state index contributed by atoms with van der Waals surface area (Å²) in [5, 5.41) is 0. The molecule has 0 aliphatic rings. The molecule has 118 valence electrons. The SMILES string of the molecule is O=C(Oc1cc(Br)cc(C=Nc2cccnc2)c1)c1cccnc1. The lowest BCUT2D eigenvalue weighted by atomic mass is 10.2. The first-order valence-corrected chi connectivity index (χ1v) is 7.87. The van der Waals surface area contributed by atoms with Crippen LogP contribution in [0.2, 0.25) is 0 Å². The number of pyridine rings is 2. The highest BCUT2D eigenvalue weighted by Gasteiger charge is 2.09. The molecular formula is C18H12BrN3O2. The van der Waals surface area contributed by atoms with E-state index in [4.69, 9.17) is 4.74 Å². The third-order valence-corrected chi connectivity index (χ3v) is 3.47. The van der Waals surface area contributed by atoms with Gasteiger partial charge in [-0.05, 0) is 48.0 Å². The van der Waals surface area contributed by atoms with E-state index in [1.54, 1.807) is 49.1 Å². The molecule has 0 spiro atoms. The van der Waals surface area contributed by atoms with E-state index in [0.717, 1.165) is 15.7 Å². The van der Waals surface area contributed by atoms with Gasteiger partial charge in [-0.1, -0.05) is 15.9 Å². The van der Waals surface area contributed by atoms with Gasteiger partial charge in [0, 0.05) is 29.3 Å². The smallest absolute Gasteiger partial charge is 0.345 e. The number of carbonyl (C=O) groups is 1. The number of aromatic nitrogens is 2. The number of ether oxygens (including phenoxy) is 1. The van der Waals surface area contributed by atoms with Gasteiger partial charge in [0.1, 0.15) is 5.75 Å². The highest BCUT2D eigenvalue weighted by molar-refractivity contribution is 9.10. The molecule has 0 N–H and O–H groups in total. The maximum absolute atomic E-state index is 12.1. The van der Waals surface area contributed by atoms with Crippen molar-refractivity contribution in [2.75, 3.05) is 0 Å². The lowest BCUT2D eigenvalue weighted by molar-refractivity contribution is 0.0734. The van der Waals surface area contributed by atoms with Crippen LogP contribution in [0.5, 0.6) is 5.75 Å². The van der Waals surface area contributed by atoms with E-state index in [1.165, 1.54) is 6.20 Å². The number of aliphatic imine (C=N–C) groups is 1. The Morgan fingerprint density at radius 2 is 1.88 bits per heavy atom. The van der Waals surface area contributed by atoms with Gasteiger partial charge in [0.2, 0.25) is 0 Å².